The Morgan fingerprint density at radius 1 is 1.00 bits per heavy atom. The van der Waals surface area contributed by atoms with E-state index in [1.165, 1.54) is 57.8 Å². The van der Waals surface area contributed by atoms with E-state index in [0.29, 0.717) is 29.8 Å². The standard InChI is InChI=1S/C39H67N3O2/c1-25(2)8-7-15-41-22-26(3)9-6-10-27-16-32-34-29(12-13-30(42-34)23-40-5)20-39-33(21-37(32,39)18-27)38(44)19-28-11-14-31(35(39)43)36(4,17-28)24-38/h11,14,25-35,40-44H,6-10,12-13,15-24H2,1-5H3/t26-,27-,28-,29+,30-,31-,32-,33-,34+,35-,36+,37+,38+,39-/m0/s1. The summed E-state index contributed by atoms with van der Waals surface area (Å²) in [6, 6.07) is 1.15. The van der Waals surface area contributed by atoms with Gasteiger partial charge in [-0.25, -0.2) is 0 Å². The zero-order valence-electron chi connectivity index (χ0n) is 28.9. The molecule has 0 aromatic carbocycles. The van der Waals surface area contributed by atoms with Crippen LogP contribution in [0.3, 0.4) is 0 Å². The Morgan fingerprint density at radius 2 is 1.84 bits per heavy atom. The summed E-state index contributed by atoms with van der Waals surface area (Å²) in [5.74, 6) is 4.55. The first kappa shape index (κ1) is 32.1. The van der Waals surface area contributed by atoms with Crippen molar-refractivity contribution in [2.45, 2.75) is 141 Å². The van der Waals surface area contributed by atoms with Crippen LogP contribution in [0.4, 0.5) is 0 Å². The summed E-state index contributed by atoms with van der Waals surface area (Å²) in [5, 5.41) is 36.9. The molecular weight excluding hydrogens is 542 g/mol. The molecule has 1 heterocycles. The van der Waals surface area contributed by atoms with Crippen molar-refractivity contribution in [3.63, 3.8) is 0 Å². The van der Waals surface area contributed by atoms with Gasteiger partial charge in [0.25, 0.3) is 0 Å². The normalized spacial score (nSPS) is 50.8. The molecule has 14 atom stereocenters. The molecule has 6 fully saturated rings. The molecule has 0 radical (unpaired) electrons. The molecule has 7 rings (SSSR count). The second-order valence-electron chi connectivity index (χ2n) is 18.6. The maximum Gasteiger partial charge on any atom is 0.0693 e. The predicted octanol–water partition coefficient (Wildman–Crippen LogP) is 6.30. The first-order chi connectivity index (χ1) is 21.0. The van der Waals surface area contributed by atoms with Crippen LogP contribution in [0.25, 0.3) is 0 Å². The highest BCUT2D eigenvalue weighted by Gasteiger charge is 2.82. The number of likely N-dealkylation sites (N-methyl/N-ethyl adjacent to an activating group) is 1. The predicted molar refractivity (Wildman–Crippen MR) is 180 cm³/mol. The van der Waals surface area contributed by atoms with E-state index in [1.807, 2.05) is 0 Å². The number of nitrogens with one attached hydrogen (secondary N) is 3. The molecule has 2 spiro atoms. The Bertz CT molecular complexity index is 1060. The van der Waals surface area contributed by atoms with Gasteiger partial charge in [-0.2, -0.15) is 0 Å². The Kier molecular flexibility index (Phi) is 8.68. The van der Waals surface area contributed by atoms with E-state index in [9.17, 15) is 10.2 Å². The van der Waals surface area contributed by atoms with Gasteiger partial charge in [0.15, 0.2) is 0 Å². The molecule has 44 heavy (non-hydrogen) atoms. The number of aliphatic hydroxyl groups excluding tert-OH is 1. The molecule has 5 saturated carbocycles. The second kappa shape index (κ2) is 11.9. The third-order valence-corrected chi connectivity index (χ3v) is 15.3. The lowest BCUT2D eigenvalue weighted by Crippen LogP contribution is -2.76. The lowest BCUT2D eigenvalue weighted by Gasteiger charge is -2.75. The molecule has 5 heteroatoms. The van der Waals surface area contributed by atoms with Gasteiger partial charge in [-0.05, 0) is 149 Å². The highest BCUT2D eigenvalue weighted by atomic mass is 16.3. The highest BCUT2D eigenvalue weighted by Crippen LogP contribution is 2.83. The van der Waals surface area contributed by atoms with Crippen molar-refractivity contribution in [1.29, 1.82) is 0 Å². The van der Waals surface area contributed by atoms with E-state index in [1.54, 1.807) is 0 Å². The van der Waals surface area contributed by atoms with Crippen molar-refractivity contribution in [1.82, 2.24) is 16.0 Å². The van der Waals surface area contributed by atoms with E-state index < -0.39 is 5.60 Å². The van der Waals surface area contributed by atoms with Crippen LogP contribution in [0.2, 0.25) is 0 Å². The fourth-order valence-electron chi connectivity index (χ4n) is 13.8. The van der Waals surface area contributed by atoms with Gasteiger partial charge in [-0.1, -0.05) is 52.7 Å². The Morgan fingerprint density at radius 3 is 2.64 bits per heavy atom. The van der Waals surface area contributed by atoms with E-state index in [-0.39, 0.29) is 34.2 Å². The molecule has 0 unspecified atom stereocenters. The van der Waals surface area contributed by atoms with Crippen LogP contribution in [0.5, 0.6) is 0 Å². The molecule has 7 aliphatic rings. The van der Waals surface area contributed by atoms with E-state index in [2.05, 4.69) is 62.8 Å². The van der Waals surface area contributed by atoms with Crippen LogP contribution in [-0.4, -0.2) is 60.7 Å². The number of piperidine rings is 1. The Hall–Kier alpha value is -0.460. The largest absolute Gasteiger partial charge is 0.392 e. The van der Waals surface area contributed by atoms with Gasteiger partial charge in [-0.15, -0.1) is 0 Å². The van der Waals surface area contributed by atoms with Gasteiger partial charge in [0.1, 0.15) is 0 Å². The average Bonchev–Trinajstić information content (AvgIpc) is 3.35. The van der Waals surface area contributed by atoms with Gasteiger partial charge in [0.2, 0.25) is 0 Å². The van der Waals surface area contributed by atoms with Gasteiger partial charge >= 0.3 is 0 Å². The molecule has 5 nitrogen and oxygen atoms in total. The Labute approximate surface area is 269 Å². The topological polar surface area (TPSA) is 76.5 Å². The van der Waals surface area contributed by atoms with Crippen molar-refractivity contribution >= 4 is 0 Å². The maximum atomic E-state index is 12.8. The fraction of sp³-hybridized carbons (Fsp3) is 0.949. The fourth-order valence-corrected chi connectivity index (χ4v) is 13.8. The molecule has 1 aliphatic heterocycles. The first-order valence-electron chi connectivity index (χ1n) is 19.2. The number of hydrogen-bond donors (Lipinski definition) is 5. The minimum Gasteiger partial charge on any atom is -0.392 e. The number of aliphatic hydroxyl groups is 2. The van der Waals surface area contributed by atoms with Crippen LogP contribution >= 0.6 is 0 Å². The summed E-state index contributed by atoms with van der Waals surface area (Å²) in [7, 11) is 2.10. The summed E-state index contributed by atoms with van der Waals surface area (Å²) in [5.41, 5.74) is -0.492. The maximum absolute atomic E-state index is 12.8. The van der Waals surface area contributed by atoms with Gasteiger partial charge in [-0.3, -0.25) is 0 Å². The van der Waals surface area contributed by atoms with Gasteiger partial charge in [0, 0.05) is 30.0 Å². The minimum atomic E-state index is -0.604. The molecule has 3 bridgehead atoms. The second-order valence-corrected chi connectivity index (χ2v) is 18.6. The van der Waals surface area contributed by atoms with Crippen LogP contribution in [0.15, 0.2) is 12.2 Å². The molecule has 250 valence electrons. The van der Waals surface area contributed by atoms with E-state index in [4.69, 9.17) is 0 Å². The zero-order valence-corrected chi connectivity index (χ0v) is 28.9. The van der Waals surface area contributed by atoms with Crippen LogP contribution < -0.4 is 16.0 Å². The third kappa shape index (κ3) is 5.03. The highest BCUT2D eigenvalue weighted by molar-refractivity contribution is 5.33. The molecule has 1 saturated heterocycles. The molecule has 6 aliphatic carbocycles. The summed E-state index contributed by atoms with van der Waals surface area (Å²) in [6.45, 7) is 12.9. The molecule has 0 aromatic heterocycles. The van der Waals surface area contributed by atoms with Crippen molar-refractivity contribution in [2.75, 3.05) is 26.7 Å². The molecule has 0 amide bonds. The summed E-state index contributed by atoms with van der Waals surface area (Å²) >= 11 is 0. The monoisotopic (exact) mass is 610 g/mol. The SMILES string of the molecule is CNC[C@@H]1CC[C@@H]2C[C@@]34[C@@H](O)[C@@H]5C=C[C@H]6C[C@]5(C)C[C@](O)(C6)[C@@H]3C[C@@]43C[C@@H](CCC[C@H](C)CNCCCC(C)C)C[C@H]3[C@@H]2N1. The lowest BCUT2D eigenvalue weighted by molar-refractivity contribution is -0.308. The minimum absolute atomic E-state index is 0.0329. The number of allylic oxidation sites excluding steroid dienone is 1. The van der Waals surface area contributed by atoms with Crippen molar-refractivity contribution in [2.24, 2.45) is 63.6 Å². The average molecular weight is 610 g/mol. The van der Waals surface area contributed by atoms with Crippen molar-refractivity contribution in [3.8, 4) is 0 Å². The smallest absolute Gasteiger partial charge is 0.0693 e. The number of fused-ring (bicyclic) bond motifs is 5. The van der Waals surface area contributed by atoms with Gasteiger partial charge < -0.3 is 26.2 Å². The lowest BCUT2D eigenvalue weighted by atomic mass is 9.30. The van der Waals surface area contributed by atoms with Crippen LogP contribution in [0, 0.1) is 63.6 Å². The number of hydrogen-bond acceptors (Lipinski definition) is 5. The Balaban J connectivity index is 1.11. The van der Waals surface area contributed by atoms with E-state index in [0.717, 1.165) is 69.5 Å². The third-order valence-electron chi connectivity index (χ3n) is 15.3. The van der Waals surface area contributed by atoms with Crippen LogP contribution in [-0.2, 0) is 0 Å². The molecule has 0 aromatic rings. The first-order valence-corrected chi connectivity index (χ1v) is 19.2. The van der Waals surface area contributed by atoms with Crippen molar-refractivity contribution < 1.29 is 10.2 Å². The summed E-state index contributed by atoms with van der Waals surface area (Å²) < 4.78 is 0. The van der Waals surface area contributed by atoms with Gasteiger partial charge in [0.05, 0.1) is 11.7 Å². The van der Waals surface area contributed by atoms with Crippen molar-refractivity contribution in [3.05, 3.63) is 12.2 Å². The summed E-state index contributed by atoms with van der Waals surface area (Å²) in [6.07, 6.45) is 21.6. The molecular formula is C39H67N3O2. The van der Waals surface area contributed by atoms with E-state index >= 15 is 0 Å². The summed E-state index contributed by atoms with van der Waals surface area (Å²) in [4.78, 5) is 0. The zero-order chi connectivity index (χ0) is 30.9. The van der Waals surface area contributed by atoms with Crippen LogP contribution in [0.1, 0.15) is 118 Å². The quantitative estimate of drug-likeness (QED) is 0.133. The number of rotatable bonds is 12. The molecule has 5 N–H and O–H groups in total.